The molecule has 0 saturated heterocycles. The van der Waals surface area contributed by atoms with Crippen LogP contribution < -0.4 is 20.3 Å². The molecule has 37 heavy (non-hydrogen) atoms. The van der Waals surface area contributed by atoms with Crippen molar-refractivity contribution in [2.24, 2.45) is 0 Å². The zero-order chi connectivity index (χ0) is 26.4. The highest BCUT2D eigenvalue weighted by molar-refractivity contribution is 7.80. The number of methoxy groups -OCH3 is 2. The van der Waals surface area contributed by atoms with Gasteiger partial charge in [-0.2, -0.15) is 0 Å². The maximum absolute atomic E-state index is 13.0. The summed E-state index contributed by atoms with van der Waals surface area (Å²) in [5.74, 6) is 1.39. The van der Waals surface area contributed by atoms with Crippen molar-refractivity contribution in [3.05, 3.63) is 99.1 Å². The first kappa shape index (κ1) is 26.2. The largest absolute Gasteiger partial charge is 0.493 e. The van der Waals surface area contributed by atoms with Crippen molar-refractivity contribution in [2.45, 2.75) is 33.4 Å². The second-order valence-electron chi connectivity index (χ2n) is 8.98. The Bertz CT molecular complexity index is 1450. The van der Waals surface area contributed by atoms with Crippen molar-refractivity contribution < 1.29 is 9.47 Å². The third-order valence-electron chi connectivity index (χ3n) is 6.51. The van der Waals surface area contributed by atoms with E-state index in [0.29, 0.717) is 41.8 Å². The highest BCUT2D eigenvalue weighted by Gasteiger charge is 2.15. The van der Waals surface area contributed by atoms with Crippen molar-refractivity contribution in [1.82, 2.24) is 20.2 Å². The number of nitrogens with one attached hydrogen (secondary N) is 2. The number of hydrogen-bond acceptors (Lipinski definition) is 5. The SMILES string of the molecule is COc1ccc(CCNC(=S)N(Cc2cccnc2)Cc2cc3ccc(C)c(C)c3[nH]c2=O)cc1OC. The lowest BCUT2D eigenvalue weighted by molar-refractivity contribution is 0.354. The summed E-state index contributed by atoms with van der Waals surface area (Å²) in [6.45, 7) is 5.60. The zero-order valence-electron chi connectivity index (χ0n) is 21.6. The van der Waals surface area contributed by atoms with Gasteiger partial charge < -0.3 is 24.7 Å². The molecule has 0 atom stereocenters. The number of rotatable bonds is 9. The van der Waals surface area contributed by atoms with Gasteiger partial charge in [-0.25, -0.2) is 0 Å². The fourth-order valence-corrected chi connectivity index (χ4v) is 4.50. The second kappa shape index (κ2) is 11.9. The van der Waals surface area contributed by atoms with Gasteiger partial charge in [0.15, 0.2) is 16.6 Å². The Labute approximate surface area is 222 Å². The molecule has 2 aromatic heterocycles. The Balaban J connectivity index is 1.52. The molecule has 0 radical (unpaired) electrons. The van der Waals surface area contributed by atoms with Gasteiger partial charge in [0.1, 0.15) is 0 Å². The molecule has 8 heteroatoms. The molecule has 192 valence electrons. The number of aromatic amines is 1. The number of benzene rings is 2. The number of aromatic nitrogens is 2. The highest BCUT2D eigenvalue weighted by atomic mass is 32.1. The first-order valence-electron chi connectivity index (χ1n) is 12.1. The lowest BCUT2D eigenvalue weighted by atomic mass is 10.0. The molecule has 0 spiro atoms. The molecule has 0 saturated carbocycles. The highest BCUT2D eigenvalue weighted by Crippen LogP contribution is 2.27. The number of fused-ring (bicyclic) bond motifs is 1. The zero-order valence-corrected chi connectivity index (χ0v) is 22.4. The predicted molar refractivity (Wildman–Crippen MR) is 151 cm³/mol. The maximum atomic E-state index is 13.0. The topological polar surface area (TPSA) is 79.5 Å². The van der Waals surface area contributed by atoms with Crippen molar-refractivity contribution in [3.63, 3.8) is 0 Å². The summed E-state index contributed by atoms with van der Waals surface area (Å²) in [6.07, 6.45) is 4.30. The van der Waals surface area contributed by atoms with Crippen molar-refractivity contribution in [1.29, 1.82) is 0 Å². The Morgan fingerprint density at radius 2 is 1.84 bits per heavy atom. The van der Waals surface area contributed by atoms with Crippen molar-refractivity contribution >= 4 is 28.2 Å². The van der Waals surface area contributed by atoms with Crippen LogP contribution in [-0.2, 0) is 19.5 Å². The van der Waals surface area contributed by atoms with Crippen LogP contribution in [0.3, 0.4) is 0 Å². The third kappa shape index (κ3) is 6.27. The van der Waals surface area contributed by atoms with Crippen LogP contribution in [0.5, 0.6) is 11.5 Å². The number of pyridine rings is 2. The van der Waals surface area contributed by atoms with Crippen LogP contribution in [0.15, 0.2) is 65.7 Å². The molecule has 0 amide bonds. The van der Waals surface area contributed by atoms with E-state index in [2.05, 4.69) is 21.4 Å². The molecule has 4 aromatic rings. The Hall–Kier alpha value is -3.91. The summed E-state index contributed by atoms with van der Waals surface area (Å²) in [5, 5.41) is 4.94. The van der Waals surface area contributed by atoms with E-state index in [-0.39, 0.29) is 5.56 Å². The summed E-state index contributed by atoms with van der Waals surface area (Å²) < 4.78 is 10.7. The fourth-order valence-electron chi connectivity index (χ4n) is 4.27. The van der Waals surface area contributed by atoms with Crippen LogP contribution in [0.4, 0.5) is 0 Å². The van der Waals surface area contributed by atoms with Crippen molar-refractivity contribution in [3.8, 4) is 11.5 Å². The van der Waals surface area contributed by atoms with Gasteiger partial charge in [0.2, 0.25) is 0 Å². The van der Waals surface area contributed by atoms with E-state index in [1.54, 1.807) is 20.4 Å². The molecule has 0 aliphatic rings. The molecule has 0 bridgehead atoms. The molecule has 2 heterocycles. The van der Waals surface area contributed by atoms with E-state index in [9.17, 15) is 4.79 Å². The van der Waals surface area contributed by atoms with Gasteiger partial charge in [-0.3, -0.25) is 9.78 Å². The lowest BCUT2D eigenvalue weighted by Crippen LogP contribution is -2.40. The molecule has 2 N–H and O–H groups in total. The fraction of sp³-hybridized carbons (Fsp3) is 0.276. The minimum absolute atomic E-state index is 0.106. The monoisotopic (exact) mass is 516 g/mol. The molecule has 7 nitrogen and oxygen atoms in total. The number of H-pyrrole nitrogens is 1. The number of ether oxygens (including phenoxy) is 2. The lowest BCUT2D eigenvalue weighted by Gasteiger charge is -2.26. The molecule has 0 unspecified atom stereocenters. The number of aryl methyl sites for hydroxylation is 2. The predicted octanol–water partition coefficient (Wildman–Crippen LogP) is 4.68. The first-order chi connectivity index (χ1) is 17.9. The van der Waals surface area contributed by atoms with E-state index in [0.717, 1.165) is 39.6 Å². The van der Waals surface area contributed by atoms with Crippen LogP contribution in [0.1, 0.15) is 27.8 Å². The van der Waals surface area contributed by atoms with Crippen LogP contribution >= 0.6 is 12.2 Å². The minimum atomic E-state index is -0.106. The Morgan fingerprint density at radius 1 is 1.03 bits per heavy atom. The summed E-state index contributed by atoms with van der Waals surface area (Å²) in [7, 11) is 3.25. The molecule has 0 aliphatic carbocycles. The van der Waals surface area contributed by atoms with Crippen LogP contribution in [0.25, 0.3) is 10.9 Å². The van der Waals surface area contributed by atoms with Gasteiger partial charge in [0.25, 0.3) is 5.56 Å². The van der Waals surface area contributed by atoms with Crippen LogP contribution in [-0.4, -0.2) is 40.7 Å². The molecule has 4 rings (SSSR count). The van der Waals surface area contributed by atoms with Gasteiger partial charge >= 0.3 is 0 Å². The van der Waals surface area contributed by atoms with E-state index >= 15 is 0 Å². The minimum Gasteiger partial charge on any atom is -0.493 e. The van der Waals surface area contributed by atoms with Gasteiger partial charge in [0, 0.05) is 31.0 Å². The smallest absolute Gasteiger partial charge is 0.253 e. The van der Waals surface area contributed by atoms with E-state index in [4.69, 9.17) is 21.7 Å². The number of thiocarbonyl (C=S) groups is 1. The van der Waals surface area contributed by atoms with Crippen LogP contribution in [0, 0.1) is 13.8 Å². The van der Waals surface area contributed by atoms with E-state index in [1.807, 2.05) is 67.4 Å². The quantitative estimate of drug-likeness (QED) is 0.313. The third-order valence-corrected chi connectivity index (χ3v) is 6.91. The van der Waals surface area contributed by atoms with Crippen LogP contribution in [0.2, 0.25) is 0 Å². The van der Waals surface area contributed by atoms with Gasteiger partial charge in [-0.15, -0.1) is 0 Å². The van der Waals surface area contributed by atoms with Crippen molar-refractivity contribution in [2.75, 3.05) is 20.8 Å². The summed E-state index contributed by atoms with van der Waals surface area (Å²) in [6, 6.07) is 15.9. The summed E-state index contributed by atoms with van der Waals surface area (Å²) >= 11 is 5.79. The molecule has 0 fully saturated rings. The van der Waals surface area contributed by atoms with Gasteiger partial charge in [-0.05, 0) is 84.4 Å². The van der Waals surface area contributed by atoms with Gasteiger partial charge in [-0.1, -0.05) is 24.3 Å². The Morgan fingerprint density at radius 3 is 2.57 bits per heavy atom. The number of nitrogens with zero attached hydrogens (tertiary/aromatic N) is 2. The Kier molecular flexibility index (Phi) is 8.40. The molecule has 2 aromatic carbocycles. The second-order valence-corrected chi connectivity index (χ2v) is 9.37. The molecular weight excluding hydrogens is 484 g/mol. The summed E-state index contributed by atoms with van der Waals surface area (Å²) in [5.41, 5.74) is 5.77. The standard InChI is InChI=1S/C29H32N4O3S/c1-19-7-9-23-15-24(28(34)32-27(23)20(19)2)18-33(17-22-6-5-12-30-16-22)29(37)31-13-11-21-8-10-25(35-3)26(14-21)36-4/h5-10,12,14-16H,11,13,17-18H2,1-4H3,(H,31,37)(H,32,34). The molecular formula is C29H32N4O3S. The van der Waals surface area contributed by atoms with E-state index < -0.39 is 0 Å². The van der Waals surface area contributed by atoms with E-state index in [1.165, 1.54) is 0 Å². The maximum Gasteiger partial charge on any atom is 0.253 e. The number of hydrogen-bond donors (Lipinski definition) is 2. The first-order valence-corrected chi connectivity index (χ1v) is 12.5. The van der Waals surface area contributed by atoms with Gasteiger partial charge in [0.05, 0.1) is 26.3 Å². The average molecular weight is 517 g/mol. The molecule has 0 aliphatic heterocycles. The summed E-state index contributed by atoms with van der Waals surface area (Å²) in [4.78, 5) is 22.3. The normalized spacial score (nSPS) is 10.8. The average Bonchev–Trinajstić information content (AvgIpc) is 2.91.